The van der Waals surface area contributed by atoms with Crippen LogP contribution >= 0.6 is 0 Å². The van der Waals surface area contributed by atoms with Crippen LogP contribution in [0.1, 0.15) is 119 Å². The average Bonchev–Trinajstić information content (AvgIpc) is 3.11. The van der Waals surface area contributed by atoms with Gasteiger partial charge in [-0.2, -0.15) is 0 Å². The molecule has 2 nitrogen and oxygen atoms in total. The molecular formula is C31H52O2. The molecule has 4 aliphatic carbocycles. The third-order valence-electron chi connectivity index (χ3n) is 11.4. The highest BCUT2D eigenvalue weighted by Gasteiger charge is 2.60. The highest BCUT2D eigenvalue weighted by molar-refractivity contribution is 5.82. The number of carbonyl (C=O) groups is 1. The van der Waals surface area contributed by atoms with Gasteiger partial charge in [-0.15, -0.1) is 0 Å². The fourth-order valence-electron chi connectivity index (χ4n) is 9.61. The van der Waals surface area contributed by atoms with Crippen molar-refractivity contribution in [1.29, 1.82) is 0 Å². The first kappa shape index (κ1) is 25.3. The van der Waals surface area contributed by atoms with E-state index in [0.717, 1.165) is 54.3 Å². The number of rotatable bonds is 7. The molecule has 0 bridgehead atoms. The van der Waals surface area contributed by atoms with Gasteiger partial charge in [-0.3, -0.25) is 0 Å². The van der Waals surface area contributed by atoms with E-state index in [0.29, 0.717) is 17.4 Å². The van der Waals surface area contributed by atoms with E-state index < -0.39 is 0 Å². The molecule has 0 aliphatic heterocycles. The lowest BCUT2D eigenvalue weighted by molar-refractivity contribution is -0.137. The molecule has 4 saturated carbocycles. The Bertz CT molecular complexity index is 722. The minimum Gasteiger partial charge on any atom is -0.463 e. The molecule has 0 spiro atoms. The van der Waals surface area contributed by atoms with Gasteiger partial charge in [-0.25, -0.2) is 4.79 Å². The topological polar surface area (TPSA) is 26.3 Å². The molecule has 0 amide bonds. The van der Waals surface area contributed by atoms with Crippen molar-refractivity contribution < 1.29 is 9.53 Å². The molecule has 4 fully saturated rings. The third-order valence-corrected chi connectivity index (χ3v) is 11.4. The zero-order chi connectivity index (χ0) is 23.8. The van der Waals surface area contributed by atoms with Gasteiger partial charge in [0.2, 0.25) is 0 Å². The van der Waals surface area contributed by atoms with Crippen LogP contribution in [0.2, 0.25) is 0 Å². The van der Waals surface area contributed by atoms with Crippen LogP contribution in [0.4, 0.5) is 0 Å². The molecule has 188 valence electrons. The lowest BCUT2D eigenvalue weighted by Gasteiger charge is -2.61. The summed E-state index contributed by atoms with van der Waals surface area (Å²) in [5.41, 5.74) is 2.42. The number of allylic oxidation sites excluding steroid dienone is 1. The second kappa shape index (κ2) is 10.1. The molecule has 0 N–H and O–H groups in total. The lowest BCUT2D eigenvalue weighted by atomic mass is 9.44. The van der Waals surface area contributed by atoms with E-state index in [2.05, 4.69) is 34.6 Å². The number of hydrogen-bond acceptors (Lipinski definition) is 2. The first-order chi connectivity index (χ1) is 15.7. The van der Waals surface area contributed by atoms with E-state index in [9.17, 15) is 4.79 Å². The Kier molecular flexibility index (Phi) is 7.72. The molecule has 4 aliphatic rings. The number of esters is 1. The van der Waals surface area contributed by atoms with Crippen LogP contribution in [0.25, 0.3) is 0 Å². The van der Waals surface area contributed by atoms with Crippen molar-refractivity contribution in [3.8, 4) is 0 Å². The van der Waals surface area contributed by atoms with Crippen molar-refractivity contribution in [3.63, 3.8) is 0 Å². The summed E-state index contributed by atoms with van der Waals surface area (Å²) in [7, 11) is 0. The van der Waals surface area contributed by atoms with Crippen LogP contribution in [-0.4, -0.2) is 12.6 Å². The first-order valence-electron chi connectivity index (χ1n) is 14.5. The van der Waals surface area contributed by atoms with Crippen molar-refractivity contribution >= 4 is 5.97 Å². The molecule has 33 heavy (non-hydrogen) atoms. The molecule has 0 heterocycles. The van der Waals surface area contributed by atoms with Gasteiger partial charge < -0.3 is 4.74 Å². The molecule has 0 aromatic rings. The Balaban J connectivity index is 1.43. The van der Waals surface area contributed by atoms with E-state index in [-0.39, 0.29) is 5.97 Å². The highest BCUT2D eigenvalue weighted by atomic mass is 16.5. The van der Waals surface area contributed by atoms with Crippen LogP contribution in [0, 0.1) is 52.3 Å². The molecule has 0 aromatic heterocycles. The fraction of sp³-hybridized carbons (Fsp3) is 0.903. The van der Waals surface area contributed by atoms with Crippen LogP contribution in [-0.2, 0) is 9.53 Å². The molecule has 4 rings (SSSR count). The second-order valence-electron chi connectivity index (χ2n) is 13.4. The van der Waals surface area contributed by atoms with Crippen molar-refractivity contribution in [2.24, 2.45) is 52.3 Å². The van der Waals surface area contributed by atoms with E-state index in [1.54, 1.807) is 0 Å². The Morgan fingerprint density at radius 1 is 1.00 bits per heavy atom. The van der Waals surface area contributed by atoms with Crippen molar-refractivity contribution in [2.45, 2.75) is 119 Å². The van der Waals surface area contributed by atoms with E-state index in [1.807, 2.05) is 13.0 Å². The number of carbonyl (C=O) groups excluding carboxylic acids is 1. The summed E-state index contributed by atoms with van der Waals surface area (Å²) in [6.07, 6.45) is 18.3. The van der Waals surface area contributed by atoms with Gasteiger partial charge in [0, 0.05) is 6.08 Å². The second-order valence-corrected chi connectivity index (χ2v) is 13.4. The summed E-state index contributed by atoms with van der Waals surface area (Å²) in [6.45, 7) is 15.0. The van der Waals surface area contributed by atoms with Crippen molar-refractivity contribution in [1.82, 2.24) is 0 Å². The van der Waals surface area contributed by atoms with Crippen molar-refractivity contribution in [2.75, 3.05) is 6.61 Å². The van der Waals surface area contributed by atoms with Crippen LogP contribution in [0.5, 0.6) is 0 Å². The van der Waals surface area contributed by atoms with Gasteiger partial charge in [0.25, 0.3) is 0 Å². The summed E-state index contributed by atoms with van der Waals surface area (Å²) in [4.78, 5) is 12.0. The molecule has 0 unspecified atom stereocenters. The fourth-order valence-corrected chi connectivity index (χ4v) is 9.61. The van der Waals surface area contributed by atoms with Crippen LogP contribution in [0.3, 0.4) is 0 Å². The average molecular weight is 457 g/mol. The maximum atomic E-state index is 12.0. The Morgan fingerprint density at radius 2 is 1.76 bits per heavy atom. The molecule has 8 atom stereocenters. The number of fused-ring (bicyclic) bond motifs is 5. The molecule has 0 aromatic carbocycles. The Morgan fingerprint density at radius 3 is 2.48 bits per heavy atom. The molecular weight excluding hydrogens is 404 g/mol. The van der Waals surface area contributed by atoms with Gasteiger partial charge in [0.1, 0.15) is 0 Å². The van der Waals surface area contributed by atoms with E-state index in [4.69, 9.17) is 4.74 Å². The van der Waals surface area contributed by atoms with Gasteiger partial charge >= 0.3 is 5.97 Å². The monoisotopic (exact) mass is 456 g/mol. The highest BCUT2D eigenvalue weighted by Crippen LogP contribution is 2.68. The summed E-state index contributed by atoms with van der Waals surface area (Å²) in [5.74, 6) is 6.16. The zero-order valence-corrected chi connectivity index (χ0v) is 22.6. The number of ether oxygens (including phenoxy) is 1. The predicted octanol–water partition coefficient (Wildman–Crippen LogP) is 8.60. The number of hydrogen-bond donors (Lipinski definition) is 0. The Labute approximate surface area is 204 Å². The zero-order valence-electron chi connectivity index (χ0n) is 22.6. The largest absolute Gasteiger partial charge is 0.463 e. The van der Waals surface area contributed by atoms with Crippen LogP contribution < -0.4 is 0 Å². The van der Waals surface area contributed by atoms with Gasteiger partial charge in [0.05, 0.1) is 6.61 Å². The smallest absolute Gasteiger partial charge is 0.330 e. The van der Waals surface area contributed by atoms with Crippen molar-refractivity contribution in [3.05, 3.63) is 11.6 Å². The maximum absolute atomic E-state index is 12.0. The minimum absolute atomic E-state index is 0.127. The van der Waals surface area contributed by atoms with E-state index >= 15 is 0 Å². The molecule has 0 radical (unpaired) electrons. The normalized spacial score (nSPS) is 42.5. The quantitative estimate of drug-likeness (QED) is 0.283. The lowest BCUT2D eigenvalue weighted by Crippen LogP contribution is -2.53. The first-order valence-corrected chi connectivity index (χ1v) is 14.5. The molecule has 2 heteroatoms. The SMILES string of the molecule is CCOC(=O)C=C1CC[C@@]2(C)[C@@H](CC[C@@H]3[C@@H]2CC[C@]2(C)[C@@H]([C@H](C)CCCC(C)C)CC[C@@H]32)C1. The Hall–Kier alpha value is -0.790. The predicted molar refractivity (Wildman–Crippen MR) is 138 cm³/mol. The van der Waals surface area contributed by atoms with E-state index in [1.165, 1.54) is 69.8 Å². The van der Waals surface area contributed by atoms with Gasteiger partial charge in [0.15, 0.2) is 0 Å². The summed E-state index contributed by atoms with van der Waals surface area (Å²) in [6, 6.07) is 0. The summed E-state index contributed by atoms with van der Waals surface area (Å²) in [5, 5.41) is 0. The molecule has 0 saturated heterocycles. The minimum atomic E-state index is -0.127. The summed E-state index contributed by atoms with van der Waals surface area (Å²) >= 11 is 0. The van der Waals surface area contributed by atoms with Gasteiger partial charge in [-0.05, 0) is 117 Å². The summed E-state index contributed by atoms with van der Waals surface area (Å²) < 4.78 is 5.20. The standard InChI is InChI=1S/C31H52O2/c1-7-33-29(32)20-23-15-17-30(5)24(19-23)11-12-25-27-14-13-26(22(4)10-8-9-21(2)3)31(27,6)18-16-28(25)30/h20-22,24-28H,7-19H2,1-6H3/t22-,24+,25+,26-,27+,28+,30+,31-/m1/s1. The maximum Gasteiger partial charge on any atom is 0.330 e. The third kappa shape index (κ3) is 4.84. The van der Waals surface area contributed by atoms with Crippen LogP contribution in [0.15, 0.2) is 11.6 Å². The van der Waals surface area contributed by atoms with Gasteiger partial charge in [-0.1, -0.05) is 59.5 Å².